The number of hydrogen-bond donors (Lipinski definition) is 0. The third kappa shape index (κ3) is 3.06. The summed E-state index contributed by atoms with van der Waals surface area (Å²) in [7, 11) is 0. The lowest BCUT2D eigenvalue weighted by atomic mass is 10.0. The van der Waals surface area contributed by atoms with Crippen LogP contribution in [0.5, 0.6) is 5.75 Å². The maximum absolute atomic E-state index is 14.7. The van der Waals surface area contributed by atoms with E-state index in [9.17, 15) is 4.39 Å². The Labute approximate surface area is 151 Å². The highest BCUT2D eigenvalue weighted by Gasteiger charge is 2.12. The molecule has 3 nitrogen and oxygen atoms in total. The van der Waals surface area contributed by atoms with Gasteiger partial charge in [0, 0.05) is 11.1 Å². The van der Waals surface area contributed by atoms with Crippen LogP contribution in [-0.2, 0) is 0 Å². The lowest BCUT2D eigenvalue weighted by molar-refractivity contribution is 0.340. The Kier molecular flexibility index (Phi) is 4.17. The van der Waals surface area contributed by atoms with Crippen molar-refractivity contribution in [2.75, 3.05) is 6.61 Å². The van der Waals surface area contributed by atoms with Crippen LogP contribution in [0.3, 0.4) is 0 Å². The molecule has 1 aromatic heterocycles. The van der Waals surface area contributed by atoms with E-state index in [0.717, 1.165) is 22.4 Å². The van der Waals surface area contributed by atoms with Gasteiger partial charge in [-0.15, -0.1) is 0 Å². The van der Waals surface area contributed by atoms with Gasteiger partial charge < -0.3 is 9.15 Å². The fraction of sp³-hybridized carbons (Fsp3) is 0.136. The Morgan fingerprint density at radius 3 is 2.46 bits per heavy atom. The van der Waals surface area contributed by atoms with Crippen LogP contribution >= 0.6 is 0 Å². The van der Waals surface area contributed by atoms with E-state index >= 15 is 0 Å². The molecule has 0 fully saturated rings. The lowest BCUT2D eigenvalue weighted by Crippen LogP contribution is -1.91. The minimum Gasteiger partial charge on any atom is -0.494 e. The summed E-state index contributed by atoms with van der Waals surface area (Å²) in [5.74, 6) is 0.878. The molecule has 0 amide bonds. The predicted octanol–water partition coefficient (Wildman–Crippen LogP) is 6.01. The number of aromatic nitrogens is 1. The minimum absolute atomic E-state index is 0.315. The van der Waals surface area contributed by atoms with Crippen molar-refractivity contribution in [1.82, 2.24) is 4.98 Å². The molecule has 0 aliphatic rings. The zero-order valence-electron chi connectivity index (χ0n) is 14.6. The van der Waals surface area contributed by atoms with Crippen LogP contribution < -0.4 is 4.74 Å². The third-order valence-electron chi connectivity index (χ3n) is 4.24. The van der Waals surface area contributed by atoms with Crippen LogP contribution in [0.25, 0.3) is 33.7 Å². The Bertz CT molecular complexity index is 1070. The lowest BCUT2D eigenvalue weighted by Gasteiger charge is -2.07. The standard InChI is InChI=1S/C22H18FNO2/c1-3-25-17-8-5-15(6-9-17)18-10-7-16(13-19(18)23)22-24-20-12-14(2)4-11-21(20)26-22/h4-13H,3H2,1-2H3. The first-order valence-corrected chi connectivity index (χ1v) is 8.54. The molecule has 0 aliphatic carbocycles. The second-order valence-corrected chi connectivity index (χ2v) is 6.14. The van der Waals surface area contributed by atoms with E-state index in [2.05, 4.69) is 4.98 Å². The van der Waals surface area contributed by atoms with Crippen molar-refractivity contribution in [2.24, 2.45) is 0 Å². The van der Waals surface area contributed by atoms with Crippen molar-refractivity contribution in [1.29, 1.82) is 0 Å². The zero-order chi connectivity index (χ0) is 18.1. The van der Waals surface area contributed by atoms with E-state index in [1.165, 1.54) is 6.07 Å². The summed E-state index contributed by atoms with van der Waals surface area (Å²) in [6.07, 6.45) is 0. The predicted molar refractivity (Wildman–Crippen MR) is 101 cm³/mol. The summed E-state index contributed by atoms with van der Waals surface area (Å²) in [5, 5.41) is 0. The summed E-state index contributed by atoms with van der Waals surface area (Å²) in [5.41, 5.74) is 4.52. The van der Waals surface area contributed by atoms with Gasteiger partial charge in [-0.05, 0) is 61.4 Å². The van der Waals surface area contributed by atoms with Crippen molar-refractivity contribution in [3.05, 3.63) is 72.0 Å². The first-order chi connectivity index (χ1) is 12.6. The number of aryl methyl sites for hydroxylation is 1. The van der Waals surface area contributed by atoms with Crippen LogP contribution in [0.1, 0.15) is 12.5 Å². The number of fused-ring (bicyclic) bond motifs is 1. The maximum atomic E-state index is 14.7. The van der Waals surface area contributed by atoms with E-state index in [1.807, 2.05) is 62.4 Å². The SMILES string of the molecule is CCOc1ccc(-c2ccc(-c3nc4cc(C)ccc4o3)cc2F)cc1. The van der Waals surface area contributed by atoms with Gasteiger partial charge in [-0.25, -0.2) is 9.37 Å². The number of halogens is 1. The van der Waals surface area contributed by atoms with Gasteiger partial charge in [0.15, 0.2) is 5.58 Å². The van der Waals surface area contributed by atoms with Crippen LogP contribution in [0.2, 0.25) is 0 Å². The van der Waals surface area contributed by atoms with Gasteiger partial charge in [-0.1, -0.05) is 24.3 Å². The van der Waals surface area contributed by atoms with Gasteiger partial charge in [0.1, 0.15) is 17.1 Å². The first-order valence-electron chi connectivity index (χ1n) is 8.54. The topological polar surface area (TPSA) is 35.3 Å². The summed E-state index contributed by atoms with van der Waals surface area (Å²) in [4.78, 5) is 4.47. The van der Waals surface area contributed by atoms with Crippen molar-refractivity contribution < 1.29 is 13.5 Å². The highest BCUT2D eigenvalue weighted by molar-refractivity contribution is 5.77. The molecule has 26 heavy (non-hydrogen) atoms. The second kappa shape index (κ2) is 6.64. The molecule has 0 unspecified atom stereocenters. The molecule has 1 heterocycles. The summed E-state index contributed by atoms with van der Waals surface area (Å²) in [6.45, 7) is 4.53. The fourth-order valence-electron chi connectivity index (χ4n) is 2.94. The third-order valence-corrected chi connectivity index (χ3v) is 4.24. The van der Waals surface area contributed by atoms with Gasteiger partial charge >= 0.3 is 0 Å². The highest BCUT2D eigenvalue weighted by Crippen LogP contribution is 2.30. The molecule has 0 bridgehead atoms. The number of oxazole rings is 1. The van der Waals surface area contributed by atoms with E-state index in [1.54, 1.807) is 6.07 Å². The normalized spacial score (nSPS) is 11.0. The van der Waals surface area contributed by atoms with E-state index in [-0.39, 0.29) is 5.82 Å². The van der Waals surface area contributed by atoms with Gasteiger partial charge in [-0.3, -0.25) is 0 Å². The molecular formula is C22H18FNO2. The molecule has 0 radical (unpaired) electrons. The summed E-state index contributed by atoms with van der Waals surface area (Å²) in [6, 6.07) is 18.2. The Morgan fingerprint density at radius 1 is 0.962 bits per heavy atom. The Balaban J connectivity index is 1.68. The number of rotatable bonds is 4. The molecular weight excluding hydrogens is 329 g/mol. The van der Waals surface area contributed by atoms with Crippen LogP contribution in [0, 0.1) is 12.7 Å². The molecule has 0 saturated heterocycles. The zero-order valence-corrected chi connectivity index (χ0v) is 14.6. The number of nitrogens with zero attached hydrogens (tertiary/aromatic N) is 1. The summed E-state index contributed by atoms with van der Waals surface area (Å²) < 4.78 is 25.9. The average Bonchev–Trinajstić information content (AvgIpc) is 3.06. The molecule has 4 aromatic rings. The molecule has 130 valence electrons. The average molecular weight is 347 g/mol. The molecule has 0 aliphatic heterocycles. The number of ether oxygens (including phenoxy) is 1. The van der Waals surface area contributed by atoms with Crippen molar-refractivity contribution in [3.8, 4) is 28.3 Å². The largest absolute Gasteiger partial charge is 0.494 e. The quantitative estimate of drug-likeness (QED) is 0.453. The van der Waals surface area contributed by atoms with Crippen molar-refractivity contribution in [3.63, 3.8) is 0 Å². The molecule has 0 spiro atoms. The number of benzene rings is 3. The smallest absolute Gasteiger partial charge is 0.227 e. The Hall–Kier alpha value is -3.14. The van der Waals surface area contributed by atoms with Gasteiger partial charge in [0.2, 0.25) is 5.89 Å². The first kappa shape index (κ1) is 16.3. The molecule has 4 rings (SSSR count). The highest BCUT2D eigenvalue weighted by atomic mass is 19.1. The van der Waals surface area contributed by atoms with E-state index < -0.39 is 0 Å². The van der Waals surface area contributed by atoms with Crippen LogP contribution in [0.4, 0.5) is 4.39 Å². The maximum Gasteiger partial charge on any atom is 0.227 e. The van der Waals surface area contributed by atoms with E-state index in [4.69, 9.17) is 9.15 Å². The number of hydrogen-bond acceptors (Lipinski definition) is 3. The van der Waals surface area contributed by atoms with Gasteiger partial charge in [-0.2, -0.15) is 0 Å². The summed E-state index contributed by atoms with van der Waals surface area (Å²) >= 11 is 0. The van der Waals surface area contributed by atoms with E-state index in [0.29, 0.717) is 29.2 Å². The van der Waals surface area contributed by atoms with Crippen LogP contribution in [-0.4, -0.2) is 11.6 Å². The van der Waals surface area contributed by atoms with Crippen molar-refractivity contribution >= 4 is 11.1 Å². The molecule has 0 N–H and O–H groups in total. The molecule has 3 aromatic carbocycles. The molecule has 0 saturated carbocycles. The fourth-order valence-corrected chi connectivity index (χ4v) is 2.94. The van der Waals surface area contributed by atoms with Crippen molar-refractivity contribution in [2.45, 2.75) is 13.8 Å². The van der Waals surface area contributed by atoms with Gasteiger partial charge in [0.25, 0.3) is 0 Å². The molecule has 4 heteroatoms. The minimum atomic E-state index is -0.315. The second-order valence-electron chi connectivity index (χ2n) is 6.14. The monoisotopic (exact) mass is 347 g/mol. The molecule has 0 atom stereocenters. The van der Waals surface area contributed by atoms with Crippen LogP contribution in [0.15, 0.2) is 65.1 Å². The Morgan fingerprint density at radius 2 is 1.73 bits per heavy atom. The van der Waals surface area contributed by atoms with Gasteiger partial charge in [0.05, 0.1) is 6.61 Å².